The van der Waals surface area contributed by atoms with E-state index in [0.717, 1.165) is 0 Å². The van der Waals surface area contributed by atoms with Gasteiger partial charge in [0, 0.05) is 18.3 Å². The van der Waals surface area contributed by atoms with Gasteiger partial charge in [-0.3, -0.25) is 4.79 Å². The van der Waals surface area contributed by atoms with Crippen LogP contribution in [0.1, 0.15) is 24.2 Å². The molecule has 1 aliphatic heterocycles. The van der Waals surface area contributed by atoms with Gasteiger partial charge in [0.25, 0.3) is 5.91 Å². The Hall–Kier alpha value is -1.75. The molecule has 1 amide bonds. The molecular weight excluding hydrogens is 244 g/mol. The highest BCUT2D eigenvalue weighted by molar-refractivity contribution is 5.98. The molecule has 19 heavy (non-hydrogen) atoms. The van der Waals surface area contributed by atoms with Gasteiger partial charge in [-0.05, 0) is 26.0 Å². The molecule has 1 aromatic carbocycles. The summed E-state index contributed by atoms with van der Waals surface area (Å²) in [5.41, 5.74) is 6.50. The van der Waals surface area contributed by atoms with E-state index in [1.807, 2.05) is 18.7 Å². The molecule has 1 saturated heterocycles. The summed E-state index contributed by atoms with van der Waals surface area (Å²) >= 11 is 0. The molecule has 1 fully saturated rings. The summed E-state index contributed by atoms with van der Waals surface area (Å²) < 4.78 is 10.7. The number of amides is 1. The smallest absolute Gasteiger partial charge is 0.258 e. The fourth-order valence-corrected chi connectivity index (χ4v) is 2.26. The zero-order valence-corrected chi connectivity index (χ0v) is 11.6. The molecule has 0 aliphatic carbocycles. The minimum Gasteiger partial charge on any atom is -0.496 e. The molecule has 0 unspecified atom stereocenters. The van der Waals surface area contributed by atoms with Gasteiger partial charge in [0.1, 0.15) is 5.75 Å². The Bertz CT molecular complexity index is 486. The largest absolute Gasteiger partial charge is 0.496 e. The van der Waals surface area contributed by atoms with Crippen LogP contribution in [0.4, 0.5) is 5.69 Å². The van der Waals surface area contributed by atoms with Crippen molar-refractivity contribution in [1.82, 2.24) is 4.90 Å². The Morgan fingerprint density at radius 3 is 2.84 bits per heavy atom. The highest BCUT2D eigenvalue weighted by atomic mass is 16.5. The molecular formula is C14H20N2O3. The van der Waals surface area contributed by atoms with E-state index < -0.39 is 0 Å². The third-order valence-electron chi connectivity index (χ3n) is 3.35. The molecule has 0 bridgehead atoms. The summed E-state index contributed by atoms with van der Waals surface area (Å²) in [6.07, 6.45) is 0. The van der Waals surface area contributed by atoms with Crippen molar-refractivity contribution in [2.75, 3.05) is 32.6 Å². The number of hydrogen-bond donors (Lipinski definition) is 1. The van der Waals surface area contributed by atoms with E-state index >= 15 is 0 Å². The van der Waals surface area contributed by atoms with Crippen molar-refractivity contribution in [1.29, 1.82) is 0 Å². The summed E-state index contributed by atoms with van der Waals surface area (Å²) in [7, 11) is 1.54. The van der Waals surface area contributed by atoms with Crippen LogP contribution in [0.2, 0.25) is 0 Å². The van der Waals surface area contributed by atoms with E-state index in [4.69, 9.17) is 15.2 Å². The first-order valence-corrected chi connectivity index (χ1v) is 6.29. The maximum absolute atomic E-state index is 12.7. The average Bonchev–Trinajstić information content (AvgIpc) is 2.37. The number of anilines is 1. The van der Waals surface area contributed by atoms with Crippen LogP contribution in [0.15, 0.2) is 18.2 Å². The van der Waals surface area contributed by atoms with Gasteiger partial charge in [-0.1, -0.05) is 0 Å². The van der Waals surface area contributed by atoms with Crippen molar-refractivity contribution >= 4 is 11.6 Å². The minimum absolute atomic E-state index is 0.0508. The van der Waals surface area contributed by atoms with E-state index in [-0.39, 0.29) is 11.4 Å². The second kappa shape index (κ2) is 5.09. The third-order valence-corrected chi connectivity index (χ3v) is 3.35. The molecule has 5 nitrogen and oxygen atoms in total. The predicted octanol–water partition coefficient (Wildman–Crippen LogP) is 1.53. The lowest BCUT2D eigenvalue weighted by Gasteiger charge is -2.42. The SMILES string of the molecule is COc1cc(N)ccc1C(=O)N1CCOCC1(C)C. The van der Waals surface area contributed by atoms with Crippen LogP contribution in [-0.4, -0.2) is 43.2 Å². The number of carbonyl (C=O) groups is 1. The quantitative estimate of drug-likeness (QED) is 0.823. The molecule has 1 aromatic rings. The molecule has 0 atom stereocenters. The number of nitrogen functional groups attached to an aromatic ring is 1. The Morgan fingerprint density at radius 2 is 2.21 bits per heavy atom. The van der Waals surface area contributed by atoms with Crippen molar-refractivity contribution in [3.63, 3.8) is 0 Å². The lowest BCUT2D eigenvalue weighted by molar-refractivity contribution is -0.0371. The monoisotopic (exact) mass is 264 g/mol. The van der Waals surface area contributed by atoms with Crippen molar-refractivity contribution in [2.45, 2.75) is 19.4 Å². The number of hydrogen-bond acceptors (Lipinski definition) is 4. The van der Waals surface area contributed by atoms with E-state index in [9.17, 15) is 4.79 Å². The molecule has 0 spiro atoms. The van der Waals surface area contributed by atoms with Gasteiger partial charge in [-0.2, -0.15) is 0 Å². The third kappa shape index (κ3) is 2.66. The topological polar surface area (TPSA) is 64.8 Å². The van der Waals surface area contributed by atoms with Crippen molar-refractivity contribution < 1.29 is 14.3 Å². The summed E-state index contributed by atoms with van der Waals surface area (Å²) in [6.45, 7) is 5.67. The fraction of sp³-hybridized carbons (Fsp3) is 0.500. The summed E-state index contributed by atoms with van der Waals surface area (Å²) in [6, 6.07) is 5.09. The number of carbonyl (C=O) groups excluding carboxylic acids is 1. The van der Waals surface area contributed by atoms with Crippen LogP contribution in [0.25, 0.3) is 0 Å². The number of ether oxygens (including phenoxy) is 2. The number of benzene rings is 1. The highest BCUT2D eigenvalue weighted by Crippen LogP contribution is 2.27. The van der Waals surface area contributed by atoms with E-state index in [0.29, 0.717) is 36.8 Å². The Morgan fingerprint density at radius 1 is 1.47 bits per heavy atom. The number of nitrogens with two attached hydrogens (primary N) is 1. The van der Waals surface area contributed by atoms with Gasteiger partial charge in [0.05, 0.1) is 31.4 Å². The zero-order chi connectivity index (χ0) is 14.0. The van der Waals surface area contributed by atoms with Gasteiger partial charge in [-0.25, -0.2) is 0 Å². The maximum Gasteiger partial charge on any atom is 0.258 e. The van der Waals surface area contributed by atoms with E-state index in [1.54, 1.807) is 18.2 Å². The normalized spacial score (nSPS) is 18.2. The van der Waals surface area contributed by atoms with E-state index in [1.165, 1.54) is 7.11 Å². The zero-order valence-electron chi connectivity index (χ0n) is 11.6. The van der Waals surface area contributed by atoms with Crippen LogP contribution in [0, 0.1) is 0 Å². The first-order valence-electron chi connectivity index (χ1n) is 6.29. The molecule has 5 heteroatoms. The van der Waals surface area contributed by atoms with Crippen LogP contribution < -0.4 is 10.5 Å². The van der Waals surface area contributed by atoms with E-state index in [2.05, 4.69) is 0 Å². The Kier molecular flexibility index (Phi) is 3.66. The van der Waals surface area contributed by atoms with Crippen LogP contribution in [-0.2, 0) is 4.74 Å². The lowest BCUT2D eigenvalue weighted by atomic mass is 10.0. The van der Waals surface area contributed by atoms with Gasteiger partial charge >= 0.3 is 0 Å². The van der Waals surface area contributed by atoms with Gasteiger partial charge < -0.3 is 20.1 Å². The number of nitrogens with zero attached hydrogens (tertiary/aromatic N) is 1. The molecule has 0 saturated carbocycles. The molecule has 0 aromatic heterocycles. The molecule has 1 heterocycles. The second-order valence-electron chi connectivity index (χ2n) is 5.28. The molecule has 0 radical (unpaired) electrons. The first kappa shape index (κ1) is 13.7. The van der Waals surface area contributed by atoms with Crippen molar-refractivity contribution in [3.8, 4) is 5.75 Å². The standard InChI is InChI=1S/C14H20N2O3/c1-14(2)9-19-7-6-16(14)13(17)11-5-4-10(15)8-12(11)18-3/h4-5,8H,6-7,9,15H2,1-3H3. The summed E-state index contributed by atoms with van der Waals surface area (Å²) in [5, 5.41) is 0. The fourth-order valence-electron chi connectivity index (χ4n) is 2.26. The lowest BCUT2D eigenvalue weighted by Crippen LogP contribution is -2.55. The first-order chi connectivity index (χ1) is 8.95. The molecule has 2 rings (SSSR count). The molecule has 104 valence electrons. The highest BCUT2D eigenvalue weighted by Gasteiger charge is 2.35. The number of methoxy groups -OCH3 is 1. The maximum atomic E-state index is 12.7. The number of rotatable bonds is 2. The van der Waals surface area contributed by atoms with Gasteiger partial charge in [-0.15, -0.1) is 0 Å². The predicted molar refractivity (Wildman–Crippen MR) is 73.3 cm³/mol. The molecule has 2 N–H and O–H groups in total. The van der Waals surface area contributed by atoms with Gasteiger partial charge in [0.15, 0.2) is 0 Å². The number of morpholine rings is 1. The van der Waals surface area contributed by atoms with Crippen molar-refractivity contribution in [2.24, 2.45) is 0 Å². The van der Waals surface area contributed by atoms with Crippen LogP contribution in [0.3, 0.4) is 0 Å². The second-order valence-corrected chi connectivity index (χ2v) is 5.28. The summed E-state index contributed by atoms with van der Waals surface area (Å²) in [4.78, 5) is 14.5. The minimum atomic E-state index is -0.318. The van der Waals surface area contributed by atoms with Crippen LogP contribution >= 0.6 is 0 Å². The van der Waals surface area contributed by atoms with Gasteiger partial charge in [0.2, 0.25) is 0 Å². The average molecular weight is 264 g/mol. The van der Waals surface area contributed by atoms with Crippen LogP contribution in [0.5, 0.6) is 5.75 Å². The Balaban J connectivity index is 2.33. The van der Waals surface area contributed by atoms with Crippen molar-refractivity contribution in [3.05, 3.63) is 23.8 Å². The molecule has 1 aliphatic rings. The Labute approximate surface area is 113 Å². The summed E-state index contributed by atoms with van der Waals surface area (Å²) in [5.74, 6) is 0.456.